The quantitative estimate of drug-likeness (QED) is 0.859. The Morgan fingerprint density at radius 1 is 1.50 bits per heavy atom. The van der Waals surface area contributed by atoms with Gasteiger partial charge in [0.25, 0.3) is 0 Å². The van der Waals surface area contributed by atoms with E-state index in [0.717, 1.165) is 24.1 Å². The van der Waals surface area contributed by atoms with Crippen LogP contribution in [0.1, 0.15) is 43.1 Å². The lowest BCUT2D eigenvalue weighted by Gasteiger charge is -2.27. The molecule has 0 aromatic carbocycles. The summed E-state index contributed by atoms with van der Waals surface area (Å²) in [6.45, 7) is 3.27. The van der Waals surface area contributed by atoms with Crippen molar-refractivity contribution in [2.24, 2.45) is 11.8 Å². The maximum absolute atomic E-state index is 10.7. The Balaban J connectivity index is 1.84. The molecule has 1 aliphatic carbocycles. The van der Waals surface area contributed by atoms with Crippen LogP contribution in [0.2, 0.25) is 0 Å². The number of nitrogens with one attached hydrogen (secondary N) is 1. The van der Waals surface area contributed by atoms with Gasteiger partial charge in [-0.2, -0.15) is 0 Å². The lowest BCUT2D eigenvalue weighted by atomic mass is 9.82. The van der Waals surface area contributed by atoms with Gasteiger partial charge in [-0.3, -0.25) is 0 Å². The highest BCUT2D eigenvalue weighted by Gasteiger charge is 2.18. The van der Waals surface area contributed by atoms with Gasteiger partial charge in [-0.15, -0.1) is 0 Å². The number of hydrogen-bond donors (Lipinski definition) is 2. The molecule has 1 aromatic rings. The molecule has 0 aliphatic heterocycles. The average molecular weight is 248 g/mol. The predicted molar refractivity (Wildman–Crippen MR) is 70.8 cm³/mol. The van der Waals surface area contributed by atoms with Crippen molar-refractivity contribution in [3.05, 3.63) is 24.0 Å². The van der Waals surface area contributed by atoms with E-state index < -0.39 is 5.97 Å². The van der Waals surface area contributed by atoms with Crippen LogP contribution in [0, 0.1) is 11.8 Å². The first-order chi connectivity index (χ1) is 8.65. The summed E-state index contributed by atoms with van der Waals surface area (Å²) in [5, 5.41) is 12.1. The Kier molecular flexibility index (Phi) is 4.18. The number of hydrogen-bond acceptors (Lipinski definition) is 3. The lowest BCUT2D eigenvalue weighted by Crippen LogP contribution is -2.21. The fourth-order valence-corrected chi connectivity index (χ4v) is 2.63. The minimum absolute atomic E-state index is 0.0897. The van der Waals surface area contributed by atoms with Gasteiger partial charge in [0.15, 0.2) is 0 Å². The van der Waals surface area contributed by atoms with Crippen molar-refractivity contribution in [1.29, 1.82) is 0 Å². The molecule has 1 aromatic heterocycles. The van der Waals surface area contributed by atoms with E-state index in [1.54, 1.807) is 12.3 Å². The largest absolute Gasteiger partial charge is 0.477 e. The highest BCUT2D eigenvalue weighted by molar-refractivity contribution is 5.85. The molecule has 2 N–H and O–H groups in total. The van der Waals surface area contributed by atoms with Crippen LogP contribution in [-0.4, -0.2) is 22.6 Å². The highest BCUT2D eigenvalue weighted by atomic mass is 16.4. The van der Waals surface area contributed by atoms with Gasteiger partial charge in [-0.25, -0.2) is 9.78 Å². The third-order valence-corrected chi connectivity index (χ3v) is 3.62. The van der Waals surface area contributed by atoms with Crippen molar-refractivity contribution in [3.8, 4) is 0 Å². The summed E-state index contributed by atoms with van der Waals surface area (Å²) in [5.41, 5.74) is 0.991. The van der Waals surface area contributed by atoms with Gasteiger partial charge in [0.1, 0.15) is 5.69 Å². The summed E-state index contributed by atoms with van der Waals surface area (Å²) < 4.78 is 0. The van der Waals surface area contributed by atoms with Gasteiger partial charge in [-0.05, 0) is 36.8 Å². The lowest BCUT2D eigenvalue weighted by molar-refractivity contribution is 0.0690. The molecule has 18 heavy (non-hydrogen) atoms. The van der Waals surface area contributed by atoms with Gasteiger partial charge < -0.3 is 10.4 Å². The number of nitrogens with zero attached hydrogens (tertiary/aromatic N) is 1. The summed E-state index contributed by atoms with van der Waals surface area (Å²) in [4.78, 5) is 14.6. The number of carboxylic acid groups (broad SMARTS) is 1. The van der Waals surface area contributed by atoms with Crippen LogP contribution in [0.5, 0.6) is 0 Å². The fourth-order valence-electron chi connectivity index (χ4n) is 2.63. The molecule has 1 fully saturated rings. The Morgan fingerprint density at radius 3 is 2.94 bits per heavy atom. The van der Waals surface area contributed by atoms with Crippen molar-refractivity contribution in [3.63, 3.8) is 0 Å². The van der Waals surface area contributed by atoms with Crippen LogP contribution in [0.15, 0.2) is 18.3 Å². The molecule has 4 nitrogen and oxygen atoms in total. The van der Waals surface area contributed by atoms with Crippen molar-refractivity contribution in [2.45, 2.75) is 32.6 Å². The van der Waals surface area contributed by atoms with E-state index in [4.69, 9.17) is 5.11 Å². The summed E-state index contributed by atoms with van der Waals surface area (Å²) >= 11 is 0. The fraction of sp³-hybridized carbons (Fsp3) is 0.571. The number of carbonyl (C=O) groups is 1. The second-order valence-corrected chi connectivity index (χ2v) is 5.26. The molecule has 2 unspecified atom stereocenters. The van der Waals surface area contributed by atoms with Gasteiger partial charge in [-0.1, -0.05) is 19.8 Å². The monoisotopic (exact) mass is 248 g/mol. The molecule has 1 saturated carbocycles. The number of pyridine rings is 1. The Labute approximate surface area is 107 Å². The molecule has 2 rings (SSSR count). The van der Waals surface area contributed by atoms with Crippen molar-refractivity contribution in [1.82, 2.24) is 4.98 Å². The van der Waals surface area contributed by atoms with Crippen LogP contribution in [-0.2, 0) is 0 Å². The average Bonchev–Trinajstić information content (AvgIpc) is 2.37. The van der Waals surface area contributed by atoms with E-state index in [9.17, 15) is 4.79 Å². The van der Waals surface area contributed by atoms with Gasteiger partial charge in [0.2, 0.25) is 0 Å². The molecule has 0 spiro atoms. The third-order valence-electron chi connectivity index (χ3n) is 3.62. The van der Waals surface area contributed by atoms with E-state index in [1.807, 2.05) is 0 Å². The Hall–Kier alpha value is -1.58. The normalized spacial score (nSPS) is 23.6. The summed E-state index contributed by atoms with van der Waals surface area (Å²) in [6, 6.07) is 3.32. The molecular weight excluding hydrogens is 228 g/mol. The zero-order chi connectivity index (χ0) is 13.0. The van der Waals surface area contributed by atoms with Crippen LogP contribution >= 0.6 is 0 Å². The molecule has 0 saturated heterocycles. The van der Waals surface area contributed by atoms with Crippen LogP contribution in [0.3, 0.4) is 0 Å². The van der Waals surface area contributed by atoms with Gasteiger partial charge in [0, 0.05) is 6.54 Å². The van der Waals surface area contributed by atoms with Crippen LogP contribution in [0.4, 0.5) is 5.69 Å². The van der Waals surface area contributed by atoms with Crippen molar-refractivity contribution < 1.29 is 9.90 Å². The second kappa shape index (κ2) is 5.85. The van der Waals surface area contributed by atoms with Crippen molar-refractivity contribution >= 4 is 11.7 Å². The molecule has 2 atom stereocenters. The number of carboxylic acids is 1. The standard InChI is InChI=1S/C14H20N2O2/c1-10-3-2-4-11(7-10)8-15-12-5-6-13(14(17)18)16-9-12/h5-6,9-11,15H,2-4,7-8H2,1H3,(H,17,18). The third kappa shape index (κ3) is 3.45. The zero-order valence-corrected chi connectivity index (χ0v) is 10.7. The molecule has 1 aliphatic rings. The minimum Gasteiger partial charge on any atom is -0.477 e. The molecular formula is C14H20N2O2. The smallest absolute Gasteiger partial charge is 0.354 e. The van der Waals surface area contributed by atoms with E-state index >= 15 is 0 Å². The molecule has 0 radical (unpaired) electrons. The highest BCUT2D eigenvalue weighted by Crippen LogP contribution is 2.28. The predicted octanol–water partition coefficient (Wildman–Crippen LogP) is 3.02. The summed E-state index contributed by atoms with van der Waals surface area (Å²) in [5.74, 6) is 0.577. The number of anilines is 1. The number of aromatic nitrogens is 1. The topological polar surface area (TPSA) is 62.2 Å². The summed E-state index contributed by atoms with van der Waals surface area (Å²) in [6.07, 6.45) is 6.84. The molecule has 1 heterocycles. The minimum atomic E-state index is -0.984. The molecule has 0 bridgehead atoms. The number of aromatic carboxylic acids is 1. The first-order valence-electron chi connectivity index (χ1n) is 6.58. The van der Waals surface area contributed by atoms with E-state index in [-0.39, 0.29) is 5.69 Å². The molecule has 4 heteroatoms. The van der Waals surface area contributed by atoms with Crippen LogP contribution in [0.25, 0.3) is 0 Å². The van der Waals surface area contributed by atoms with Gasteiger partial charge >= 0.3 is 5.97 Å². The zero-order valence-electron chi connectivity index (χ0n) is 10.7. The molecule has 0 amide bonds. The Morgan fingerprint density at radius 2 is 2.33 bits per heavy atom. The van der Waals surface area contributed by atoms with E-state index in [2.05, 4.69) is 17.2 Å². The summed E-state index contributed by atoms with van der Waals surface area (Å²) in [7, 11) is 0. The van der Waals surface area contributed by atoms with Crippen molar-refractivity contribution in [2.75, 3.05) is 11.9 Å². The maximum atomic E-state index is 10.7. The Bertz CT molecular complexity index is 403. The first-order valence-corrected chi connectivity index (χ1v) is 6.58. The van der Waals surface area contributed by atoms with E-state index in [1.165, 1.54) is 31.7 Å². The maximum Gasteiger partial charge on any atom is 0.354 e. The van der Waals surface area contributed by atoms with Crippen LogP contribution < -0.4 is 5.32 Å². The number of rotatable bonds is 4. The first kappa shape index (κ1) is 12.9. The van der Waals surface area contributed by atoms with E-state index in [0.29, 0.717) is 0 Å². The SMILES string of the molecule is CC1CCCC(CNc2ccc(C(=O)O)nc2)C1. The van der Waals surface area contributed by atoms with Gasteiger partial charge in [0.05, 0.1) is 11.9 Å². The molecule has 98 valence electrons. The second-order valence-electron chi connectivity index (χ2n) is 5.26.